The summed E-state index contributed by atoms with van der Waals surface area (Å²) in [7, 11) is 0. The molecular formula is C16H33N3. The van der Waals surface area contributed by atoms with E-state index in [0.29, 0.717) is 0 Å². The minimum Gasteiger partial charge on any atom is -0.313 e. The molecule has 0 radical (unpaired) electrons. The van der Waals surface area contributed by atoms with Crippen LogP contribution in [0.5, 0.6) is 0 Å². The zero-order valence-corrected chi connectivity index (χ0v) is 13.2. The molecule has 19 heavy (non-hydrogen) atoms. The summed E-state index contributed by atoms with van der Waals surface area (Å²) in [4.78, 5) is 5.30. The zero-order chi connectivity index (χ0) is 13.7. The molecule has 2 fully saturated rings. The Morgan fingerprint density at radius 2 is 1.89 bits per heavy atom. The average molecular weight is 267 g/mol. The zero-order valence-electron chi connectivity index (χ0n) is 13.2. The first kappa shape index (κ1) is 15.3. The van der Waals surface area contributed by atoms with Gasteiger partial charge in [-0.15, -0.1) is 0 Å². The molecule has 2 unspecified atom stereocenters. The van der Waals surface area contributed by atoms with Crippen LogP contribution in [-0.4, -0.2) is 61.2 Å². The maximum absolute atomic E-state index is 3.76. The Labute approximate surface area is 119 Å². The number of hydrogen-bond acceptors (Lipinski definition) is 3. The summed E-state index contributed by atoms with van der Waals surface area (Å²) in [5, 5.41) is 3.76. The molecule has 0 bridgehead atoms. The Morgan fingerprint density at radius 1 is 1.16 bits per heavy atom. The van der Waals surface area contributed by atoms with Crippen LogP contribution in [0.1, 0.15) is 46.5 Å². The number of hydrogen-bond donors (Lipinski definition) is 1. The van der Waals surface area contributed by atoms with Gasteiger partial charge in [-0.3, -0.25) is 9.80 Å². The maximum Gasteiger partial charge on any atom is 0.0223 e. The largest absolute Gasteiger partial charge is 0.313 e. The standard InChI is InChI=1S/C16H33N3/c1-4-17-16(15-8-6-7-9-15)13-18-10-11-19(5-2)14(3)12-18/h14-17H,4-13H2,1-3H3. The molecule has 1 N–H and O–H groups in total. The van der Waals surface area contributed by atoms with Crippen molar-refractivity contribution in [2.45, 2.75) is 58.5 Å². The highest BCUT2D eigenvalue weighted by Gasteiger charge is 2.29. The molecule has 1 saturated carbocycles. The molecule has 0 amide bonds. The third-order valence-electron chi connectivity index (χ3n) is 5.15. The highest BCUT2D eigenvalue weighted by molar-refractivity contribution is 4.86. The number of piperazine rings is 1. The summed E-state index contributed by atoms with van der Waals surface area (Å²) in [5.41, 5.74) is 0. The van der Waals surface area contributed by atoms with Gasteiger partial charge in [-0.2, -0.15) is 0 Å². The fraction of sp³-hybridized carbons (Fsp3) is 1.00. The number of likely N-dealkylation sites (N-methyl/N-ethyl adjacent to an activating group) is 2. The first-order valence-corrected chi connectivity index (χ1v) is 8.44. The van der Waals surface area contributed by atoms with Gasteiger partial charge in [0.25, 0.3) is 0 Å². The van der Waals surface area contributed by atoms with Gasteiger partial charge < -0.3 is 5.32 Å². The fourth-order valence-electron chi connectivity index (χ4n) is 3.99. The van der Waals surface area contributed by atoms with Crippen molar-refractivity contribution in [2.75, 3.05) is 39.3 Å². The molecule has 3 nitrogen and oxygen atoms in total. The smallest absolute Gasteiger partial charge is 0.0223 e. The predicted molar refractivity (Wildman–Crippen MR) is 82.6 cm³/mol. The van der Waals surface area contributed by atoms with E-state index < -0.39 is 0 Å². The van der Waals surface area contributed by atoms with Crippen molar-refractivity contribution < 1.29 is 0 Å². The van der Waals surface area contributed by atoms with Crippen LogP contribution in [0.3, 0.4) is 0 Å². The second kappa shape index (κ2) is 7.61. The van der Waals surface area contributed by atoms with Crippen LogP contribution in [0.15, 0.2) is 0 Å². The van der Waals surface area contributed by atoms with Crippen LogP contribution in [0, 0.1) is 5.92 Å². The Balaban J connectivity index is 1.83. The van der Waals surface area contributed by atoms with Crippen molar-refractivity contribution in [1.82, 2.24) is 15.1 Å². The van der Waals surface area contributed by atoms with E-state index in [2.05, 4.69) is 35.9 Å². The van der Waals surface area contributed by atoms with Gasteiger partial charge >= 0.3 is 0 Å². The maximum atomic E-state index is 3.76. The van der Waals surface area contributed by atoms with Gasteiger partial charge in [-0.1, -0.05) is 26.7 Å². The lowest BCUT2D eigenvalue weighted by atomic mass is 9.97. The van der Waals surface area contributed by atoms with E-state index in [-0.39, 0.29) is 0 Å². The SMILES string of the molecule is CCNC(CN1CCN(CC)C(C)C1)C1CCCC1. The van der Waals surface area contributed by atoms with E-state index in [9.17, 15) is 0 Å². The van der Waals surface area contributed by atoms with Crippen LogP contribution in [0.4, 0.5) is 0 Å². The minimum absolute atomic E-state index is 0.726. The molecule has 1 saturated heterocycles. The average Bonchev–Trinajstić information content (AvgIpc) is 2.92. The van der Waals surface area contributed by atoms with Crippen LogP contribution in [-0.2, 0) is 0 Å². The highest BCUT2D eigenvalue weighted by atomic mass is 15.3. The van der Waals surface area contributed by atoms with Crippen LogP contribution in [0.2, 0.25) is 0 Å². The van der Waals surface area contributed by atoms with E-state index in [4.69, 9.17) is 0 Å². The Kier molecular flexibility index (Phi) is 6.11. The first-order chi connectivity index (χ1) is 9.24. The molecule has 1 aliphatic heterocycles. The molecule has 0 aromatic carbocycles. The summed E-state index contributed by atoms with van der Waals surface area (Å²) < 4.78 is 0. The quantitative estimate of drug-likeness (QED) is 0.796. The van der Waals surface area contributed by atoms with Crippen LogP contribution in [0.25, 0.3) is 0 Å². The van der Waals surface area contributed by atoms with Gasteiger partial charge in [0.1, 0.15) is 0 Å². The van der Waals surface area contributed by atoms with Crippen molar-refractivity contribution in [3.05, 3.63) is 0 Å². The summed E-state index contributed by atoms with van der Waals surface area (Å²) in [6, 6.07) is 1.46. The van der Waals surface area contributed by atoms with Gasteiger partial charge in [0.15, 0.2) is 0 Å². The Morgan fingerprint density at radius 3 is 2.47 bits per heavy atom. The number of rotatable bonds is 6. The van der Waals surface area contributed by atoms with Gasteiger partial charge in [0.2, 0.25) is 0 Å². The van der Waals surface area contributed by atoms with Crippen LogP contribution < -0.4 is 5.32 Å². The molecule has 3 heteroatoms. The van der Waals surface area contributed by atoms with Gasteiger partial charge in [-0.25, -0.2) is 0 Å². The normalized spacial score (nSPS) is 28.9. The third-order valence-corrected chi connectivity index (χ3v) is 5.15. The Bertz CT molecular complexity index is 250. The van der Waals surface area contributed by atoms with Crippen LogP contribution >= 0.6 is 0 Å². The lowest BCUT2D eigenvalue weighted by molar-refractivity contribution is 0.0756. The van der Waals surface area contributed by atoms with Crippen molar-refractivity contribution >= 4 is 0 Å². The molecule has 112 valence electrons. The molecule has 2 atom stereocenters. The molecule has 0 spiro atoms. The predicted octanol–water partition coefficient (Wildman–Crippen LogP) is 2.18. The van der Waals surface area contributed by atoms with Gasteiger partial charge in [0.05, 0.1) is 0 Å². The summed E-state index contributed by atoms with van der Waals surface area (Å²) in [6.45, 7) is 14.3. The molecule has 1 heterocycles. The second-order valence-electron chi connectivity index (χ2n) is 6.45. The lowest BCUT2D eigenvalue weighted by Crippen LogP contribution is -2.55. The molecule has 0 aromatic rings. The first-order valence-electron chi connectivity index (χ1n) is 8.44. The van der Waals surface area contributed by atoms with Crippen molar-refractivity contribution in [2.24, 2.45) is 5.92 Å². The molecule has 1 aliphatic carbocycles. The fourth-order valence-corrected chi connectivity index (χ4v) is 3.99. The molecule has 2 aliphatic rings. The van der Waals surface area contributed by atoms with Gasteiger partial charge in [-0.05, 0) is 38.8 Å². The Hall–Kier alpha value is -0.120. The van der Waals surface area contributed by atoms with E-state index in [1.807, 2.05) is 0 Å². The van der Waals surface area contributed by atoms with Crippen molar-refractivity contribution in [3.8, 4) is 0 Å². The summed E-state index contributed by atoms with van der Waals surface area (Å²) >= 11 is 0. The van der Waals surface area contributed by atoms with E-state index in [0.717, 1.165) is 24.5 Å². The highest BCUT2D eigenvalue weighted by Crippen LogP contribution is 2.28. The summed E-state index contributed by atoms with van der Waals surface area (Å²) in [6.07, 6.45) is 5.80. The number of nitrogens with zero attached hydrogens (tertiary/aromatic N) is 2. The van der Waals surface area contributed by atoms with E-state index in [1.54, 1.807) is 0 Å². The van der Waals surface area contributed by atoms with E-state index >= 15 is 0 Å². The molecule has 2 rings (SSSR count). The molecular weight excluding hydrogens is 234 g/mol. The van der Waals surface area contributed by atoms with E-state index in [1.165, 1.54) is 58.4 Å². The monoisotopic (exact) mass is 267 g/mol. The van der Waals surface area contributed by atoms with Crippen molar-refractivity contribution in [3.63, 3.8) is 0 Å². The minimum atomic E-state index is 0.726. The number of nitrogens with one attached hydrogen (secondary N) is 1. The lowest BCUT2D eigenvalue weighted by Gasteiger charge is -2.41. The molecule has 0 aromatic heterocycles. The van der Waals surface area contributed by atoms with Gasteiger partial charge in [0, 0.05) is 38.3 Å². The third kappa shape index (κ3) is 4.17. The second-order valence-corrected chi connectivity index (χ2v) is 6.45. The summed E-state index contributed by atoms with van der Waals surface area (Å²) in [5.74, 6) is 0.930. The topological polar surface area (TPSA) is 18.5 Å². The van der Waals surface area contributed by atoms with Crippen molar-refractivity contribution in [1.29, 1.82) is 0 Å².